The zero-order valence-corrected chi connectivity index (χ0v) is 30.7. The van der Waals surface area contributed by atoms with E-state index in [4.69, 9.17) is 0 Å². The van der Waals surface area contributed by atoms with Crippen LogP contribution in [0.5, 0.6) is 0 Å². The van der Waals surface area contributed by atoms with Crippen molar-refractivity contribution in [3.05, 3.63) is 211 Å². The minimum absolute atomic E-state index is 0.186. The molecule has 0 amide bonds. The third-order valence-corrected chi connectivity index (χ3v) is 13.1. The molecule has 2 heterocycles. The zero-order valence-electron chi connectivity index (χ0n) is 29.9. The molecule has 2 aromatic heterocycles. The molecule has 0 bridgehead atoms. The highest BCUT2D eigenvalue weighted by atomic mass is 32.1. The molecule has 9 aromatic carbocycles. The van der Waals surface area contributed by atoms with Gasteiger partial charge in [0.2, 0.25) is 0 Å². The Balaban J connectivity index is 1.07. The van der Waals surface area contributed by atoms with Crippen LogP contribution in [0.2, 0.25) is 0 Å². The van der Waals surface area contributed by atoms with Crippen molar-refractivity contribution < 1.29 is 0 Å². The molecule has 1 aliphatic rings. The number of thiophene rings is 1. The third-order valence-electron chi connectivity index (χ3n) is 11.9. The first kappa shape index (κ1) is 30.7. The summed E-state index contributed by atoms with van der Waals surface area (Å²) in [4.78, 5) is 0. The van der Waals surface area contributed by atoms with Crippen molar-refractivity contribution >= 4 is 64.1 Å². The molecule has 1 unspecified atom stereocenters. The molecule has 11 aromatic rings. The van der Waals surface area contributed by atoms with Crippen LogP contribution >= 0.6 is 11.3 Å². The Morgan fingerprint density at radius 3 is 2.04 bits per heavy atom. The maximum Gasteiger partial charge on any atom is 0.0556 e. The number of fused-ring (bicyclic) bond motifs is 11. The van der Waals surface area contributed by atoms with Gasteiger partial charge < -0.3 is 4.57 Å². The Morgan fingerprint density at radius 2 is 1.09 bits per heavy atom. The number of hydrogen-bond acceptors (Lipinski definition) is 1. The monoisotopic (exact) mass is 715 g/mol. The summed E-state index contributed by atoms with van der Waals surface area (Å²) in [5.74, 6) is 0.186. The number of hydrogen-bond donors (Lipinski definition) is 0. The molecular weight excluding hydrogens is 683 g/mol. The molecular formula is C53H33NS. The molecule has 0 saturated heterocycles. The van der Waals surface area contributed by atoms with Gasteiger partial charge in [-0.25, -0.2) is 0 Å². The van der Waals surface area contributed by atoms with E-state index in [1.807, 2.05) is 11.3 Å². The van der Waals surface area contributed by atoms with Crippen LogP contribution in [-0.2, 0) is 0 Å². The Morgan fingerprint density at radius 1 is 0.400 bits per heavy atom. The van der Waals surface area contributed by atoms with E-state index >= 15 is 0 Å². The van der Waals surface area contributed by atoms with Crippen molar-refractivity contribution in [1.29, 1.82) is 0 Å². The van der Waals surface area contributed by atoms with Gasteiger partial charge in [0.05, 0.1) is 16.7 Å². The van der Waals surface area contributed by atoms with Crippen molar-refractivity contribution in [2.45, 2.75) is 5.92 Å². The van der Waals surface area contributed by atoms with Gasteiger partial charge in [0, 0.05) is 42.2 Å². The Kier molecular flexibility index (Phi) is 6.63. The first-order valence-electron chi connectivity index (χ1n) is 19.0. The fraction of sp³-hybridized carbons (Fsp3) is 0.0189. The van der Waals surface area contributed by atoms with Gasteiger partial charge in [-0.05, 0) is 91.9 Å². The van der Waals surface area contributed by atoms with Crippen LogP contribution in [0.3, 0.4) is 0 Å². The molecule has 256 valence electrons. The molecule has 55 heavy (non-hydrogen) atoms. The molecule has 2 heteroatoms. The lowest BCUT2D eigenvalue weighted by molar-refractivity contribution is 1.02. The first-order valence-corrected chi connectivity index (χ1v) is 19.9. The SMILES string of the molecule is c1ccc(-c2cccc(C3c4ccccc4-c4cc(-c5ccc6c(c5)c5c7sc8ccccc8c7ccc5n6-c5cccc6ccccc56)ccc43)c2)cc1. The Bertz CT molecular complexity index is 3320. The number of aromatic nitrogens is 1. The Labute approximate surface area is 323 Å². The number of benzene rings is 9. The second-order valence-electron chi connectivity index (χ2n) is 14.8. The van der Waals surface area contributed by atoms with E-state index in [2.05, 4.69) is 199 Å². The molecule has 0 radical (unpaired) electrons. The van der Waals surface area contributed by atoms with Gasteiger partial charge in [-0.15, -0.1) is 11.3 Å². The Hall–Kier alpha value is -6.74. The van der Waals surface area contributed by atoms with Crippen LogP contribution in [0, 0.1) is 0 Å². The molecule has 1 nitrogen and oxygen atoms in total. The van der Waals surface area contributed by atoms with Crippen LogP contribution in [-0.4, -0.2) is 4.57 Å². The summed E-state index contributed by atoms with van der Waals surface area (Å²) in [7, 11) is 0. The van der Waals surface area contributed by atoms with Crippen molar-refractivity contribution in [2.75, 3.05) is 0 Å². The van der Waals surface area contributed by atoms with Crippen LogP contribution < -0.4 is 0 Å². The van der Waals surface area contributed by atoms with Crippen molar-refractivity contribution in [1.82, 2.24) is 4.57 Å². The van der Waals surface area contributed by atoms with Crippen LogP contribution in [0.25, 0.3) is 91.8 Å². The van der Waals surface area contributed by atoms with Gasteiger partial charge in [-0.3, -0.25) is 0 Å². The summed E-state index contributed by atoms with van der Waals surface area (Å²) in [5, 5.41) is 7.77. The van der Waals surface area contributed by atoms with Gasteiger partial charge in [0.1, 0.15) is 0 Å². The predicted octanol–water partition coefficient (Wildman–Crippen LogP) is 14.8. The summed E-state index contributed by atoms with van der Waals surface area (Å²) < 4.78 is 5.17. The summed E-state index contributed by atoms with van der Waals surface area (Å²) >= 11 is 1.91. The summed E-state index contributed by atoms with van der Waals surface area (Å²) in [6, 6.07) is 72.1. The topological polar surface area (TPSA) is 4.93 Å². The lowest BCUT2D eigenvalue weighted by atomic mass is 9.87. The second kappa shape index (κ2) is 11.9. The van der Waals surface area contributed by atoms with E-state index in [9.17, 15) is 0 Å². The van der Waals surface area contributed by atoms with E-state index in [1.54, 1.807) is 0 Å². The minimum Gasteiger partial charge on any atom is -0.309 e. The third kappa shape index (κ3) is 4.59. The highest BCUT2D eigenvalue weighted by molar-refractivity contribution is 7.26. The molecule has 12 rings (SSSR count). The molecule has 0 N–H and O–H groups in total. The predicted molar refractivity (Wildman–Crippen MR) is 235 cm³/mol. The molecule has 1 aliphatic carbocycles. The smallest absolute Gasteiger partial charge is 0.0556 e. The summed E-state index contributed by atoms with van der Waals surface area (Å²) in [5.41, 5.74) is 15.4. The first-order chi connectivity index (χ1) is 27.3. The van der Waals surface area contributed by atoms with Crippen LogP contribution in [0.4, 0.5) is 0 Å². The highest BCUT2D eigenvalue weighted by Crippen LogP contribution is 2.50. The van der Waals surface area contributed by atoms with Crippen molar-refractivity contribution in [3.8, 4) is 39.1 Å². The largest absolute Gasteiger partial charge is 0.309 e. The standard InChI is InChI=1S/C53H33NS/c1-2-12-33(13-3-1)35-16-10-17-38(30-35)51-42-21-7-6-19-40(42)45-31-36(24-26-43(45)51)37-25-28-48-46(32-37)52-49(29-27-44-41-20-8-9-23-50(41)55-53(44)52)54(48)47-22-11-15-34-14-4-5-18-39(34)47/h1-32,51H. The molecule has 0 saturated carbocycles. The van der Waals surface area contributed by atoms with E-state index in [0.717, 1.165) is 0 Å². The summed E-state index contributed by atoms with van der Waals surface area (Å²) in [6.07, 6.45) is 0. The lowest BCUT2D eigenvalue weighted by Gasteiger charge is -2.16. The molecule has 0 fully saturated rings. The maximum absolute atomic E-state index is 2.49. The highest BCUT2D eigenvalue weighted by Gasteiger charge is 2.30. The zero-order chi connectivity index (χ0) is 36.0. The molecule has 1 atom stereocenters. The van der Waals surface area contributed by atoms with Gasteiger partial charge in [-0.1, -0.05) is 158 Å². The van der Waals surface area contributed by atoms with Crippen molar-refractivity contribution in [3.63, 3.8) is 0 Å². The number of rotatable bonds is 4. The molecule has 0 aliphatic heterocycles. The quantitative estimate of drug-likeness (QED) is 0.171. The van der Waals surface area contributed by atoms with E-state index in [0.29, 0.717) is 0 Å². The van der Waals surface area contributed by atoms with Crippen LogP contribution in [0.1, 0.15) is 22.6 Å². The van der Waals surface area contributed by atoms with Gasteiger partial charge in [0.25, 0.3) is 0 Å². The second-order valence-corrected chi connectivity index (χ2v) is 15.9. The van der Waals surface area contributed by atoms with Gasteiger partial charge >= 0.3 is 0 Å². The van der Waals surface area contributed by atoms with Crippen molar-refractivity contribution in [2.24, 2.45) is 0 Å². The average molecular weight is 716 g/mol. The van der Waals surface area contributed by atoms with Gasteiger partial charge in [0.15, 0.2) is 0 Å². The normalized spacial score (nSPS) is 13.6. The van der Waals surface area contributed by atoms with E-state index in [-0.39, 0.29) is 5.92 Å². The molecule has 0 spiro atoms. The fourth-order valence-corrected chi connectivity index (χ4v) is 10.7. The number of nitrogens with zero attached hydrogens (tertiary/aromatic N) is 1. The van der Waals surface area contributed by atoms with E-state index < -0.39 is 0 Å². The minimum atomic E-state index is 0.186. The maximum atomic E-state index is 2.49. The fourth-order valence-electron chi connectivity index (χ4n) is 9.40. The summed E-state index contributed by atoms with van der Waals surface area (Å²) in [6.45, 7) is 0. The van der Waals surface area contributed by atoms with Crippen LogP contribution in [0.15, 0.2) is 194 Å². The average Bonchev–Trinajstić information content (AvgIpc) is 3.91. The van der Waals surface area contributed by atoms with Gasteiger partial charge in [-0.2, -0.15) is 0 Å². The lowest BCUT2D eigenvalue weighted by Crippen LogP contribution is -1.99. The van der Waals surface area contributed by atoms with E-state index in [1.165, 1.54) is 109 Å².